The molecular weight excluding hydrogens is 352 g/mol. The molecule has 4 unspecified atom stereocenters. The van der Waals surface area contributed by atoms with Crippen LogP contribution >= 0.6 is 12.4 Å². The van der Waals surface area contributed by atoms with E-state index < -0.39 is 0 Å². The molecule has 1 N–H and O–H groups in total. The first-order valence-electron chi connectivity index (χ1n) is 9.61. The Bertz CT molecular complexity index is 686. The number of rotatable bonds is 3. The third-order valence-electron chi connectivity index (χ3n) is 6.45. The number of amides is 1. The lowest BCUT2D eigenvalue weighted by Crippen LogP contribution is -2.49. The Hall–Kier alpha value is -1.46. The number of hydrogen-bond acceptors (Lipinski definition) is 4. The van der Waals surface area contributed by atoms with Crippen LogP contribution in [0.1, 0.15) is 43.6 Å². The Balaban J connectivity index is 0.00000168. The molecule has 1 saturated carbocycles. The van der Waals surface area contributed by atoms with E-state index in [0.29, 0.717) is 43.2 Å². The van der Waals surface area contributed by atoms with Crippen molar-refractivity contribution in [1.82, 2.24) is 10.2 Å². The topological polar surface area (TPSA) is 50.8 Å². The number of nitrogens with one attached hydrogen (secondary N) is 1. The summed E-state index contributed by atoms with van der Waals surface area (Å²) in [6.45, 7) is 1.21. The lowest BCUT2D eigenvalue weighted by molar-refractivity contribution is -0.134. The number of piperidine rings is 1. The highest BCUT2D eigenvalue weighted by Gasteiger charge is 2.47. The fourth-order valence-electron chi connectivity index (χ4n) is 4.91. The van der Waals surface area contributed by atoms with E-state index in [1.165, 1.54) is 18.4 Å². The fourth-order valence-corrected chi connectivity index (χ4v) is 4.91. The van der Waals surface area contributed by atoms with Crippen molar-refractivity contribution in [2.24, 2.45) is 5.92 Å². The normalized spacial score (nSPS) is 34.0. The highest BCUT2D eigenvalue weighted by Crippen LogP contribution is 2.50. The van der Waals surface area contributed by atoms with E-state index in [1.54, 1.807) is 0 Å². The van der Waals surface area contributed by atoms with E-state index in [2.05, 4.69) is 22.3 Å². The van der Waals surface area contributed by atoms with Crippen molar-refractivity contribution >= 4 is 18.3 Å². The Morgan fingerprint density at radius 2 is 1.77 bits per heavy atom. The molecule has 0 spiro atoms. The quantitative estimate of drug-likeness (QED) is 0.878. The van der Waals surface area contributed by atoms with Crippen LogP contribution in [0.3, 0.4) is 0 Å². The highest BCUT2D eigenvalue weighted by atomic mass is 35.5. The predicted molar refractivity (Wildman–Crippen MR) is 101 cm³/mol. The minimum absolute atomic E-state index is 0. The summed E-state index contributed by atoms with van der Waals surface area (Å²) in [5.41, 5.74) is 1.21. The van der Waals surface area contributed by atoms with Crippen molar-refractivity contribution in [3.05, 3.63) is 23.8 Å². The minimum atomic E-state index is 0. The molecule has 1 aliphatic carbocycles. The summed E-state index contributed by atoms with van der Waals surface area (Å²) in [5, 5.41) is 3.66. The van der Waals surface area contributed by atoms with Crippen LogP contribution < -0.4 is 14.8 Å². The van der Waals surface area contributed by atoms with E-state index in [0.717, 1.165) is 30.8 Å². The molecule has 5 rings (SSSR count). The number of ether oxygens (including phenoxy) is 2. The summed E-state index contributed by atoms with van der Waals surface area (Å²) >= 11 is 0. The van der Waals surface area contributed by atoms with Gasteiger partial charge in [0, 0.05) is 31.1 Å². The average Bonchev–Trinajstić information content (AvgIpc) is 3.38. The summed E-state index contributed by atoms with van der Waals surface area (Å²) < 4.78 is 11.3. The van der Waals surface area contributed by atoms with Crippen molar-refractivity contribution in [2.75, 3.05) is 20.3 Å². The highest BCUT2D eigenvalue weighted by molar-refractivity contribution is 5.85. The largest absolute Gasteiger partial charge is 0.486 e. The van der Waals surface area contributed by atoms with Gasteiger partial charge in [-0.05, 0) is 55.7 Å². The molecule has 26 heavy (non-hydrogen) atoms. The van der Waals surface area contributed by atoms with Gasteiger partial charge in [-0.2, -0.15) is 0 Å². The second kappa shape index (κ2) is 6.93. The van der Waals surface area contributed by atoms with Crippen molar-refractivity contribution in [1.29, 1.82) is 0 Å². The Morgan fingerprint density at radius 3 is 2.50 bits per heavy atom. The zero-order valence-electron chi connectivity index (χ0n) is 15.1. The molecule has 2 bridgehead atoms. The maximum absolute atomic E-state index is 13.0. The zero-order chi connectivity index (χ0) is 17.0. The van der Waals surface area contributed by atoms with Crippen molar-refractivity contribution in [3.8, 4) is 11.5 Å². The molecule has 3 aliphatic heterocycles. The maximum atomic E-state index is 13.0. The van der Waals surface area contributed by atoms with Gasteiger partial charge in [0.15, 0.2) is 11.5 Å². The summed E-state index contributed by atoms with van der Waals surface area (Å²) in [6, 6.07) is 7.79. The van der Waals surface area contributed by atoms with Gasteiger partial charge in [-0.3, -0.25) is 4.79 Å². The summed E-state index contributed by atoms with van der Waals surface area (Å²) in [5.74, 6) is 2.45. The van der Waals surface area contributed by atoms with Crippen LogP contribution in [-0.2, 0) is 4.79 Å². The summed E-state index contributed by atoms with van der Waals surface area (Å²) in [7, 11) is 2.01. The number of fused-ring (bicyclic) bond motifs is 3. The molecule has 142 valence electrons. The molecular formula is C20H27ClN2O3. The molecule has 3 heterocycles. The maximum Gasteiger partial charge on any atom is 0.226 e. The monoisotopic (exact) mass is 378 g/mol. The average molecular weight is 379 g/mol. The van der Waals surface area contributed by atoms with E-state index >= 15 is 0 Å². The molecule has 5 nitrogen and oxygen atoms in total. The summed E-state index contributed by atoms with van der Waals surface area (Å²) in [4.78, 5) is 15.0. The van der Waals surface area contributed by atoms with Crippen LogP contribution in [0.15, 0.2) is 18.2 Å². The second-order valence-electron chi connectivity index (χ2n) is 8.06. The van der Waals surface area contributed by atoms with Crippen LogP contribution in [-0.4, -0.2) is 49.2 Å². The molecule has 4 aliphatic rings. The van der Waals surface area contributed by atoms with Crippen molar-refractivity contribution in [2.45, 2.75) is 56.1 Å². The smallest absolute Gasteiger partial charge is 0.226 e. The van der Waals surface area contributed by atoms with Gasteiger partial charge in [0.1, 0.15) is 13.2 Å². The molecule has 1 amide bonds. The van der Waals surface area contributed by atoms with Crippen LogP contribution in [0.4, 0.5) is 0 Å². The Morgan fingerprint density at radius 1 is 1.08 bits per heavy atom. The van der Waals surface area contributed by atoms with Crippen molar-refractivity contribution in [3.63, 3.8) is 0 Å². The van der Waals surface area contributed by atoms with Crippen molar-refractivity contribution < 1.29 is 14.3 Å². The number of benzene rings is 1. The van der Waals surface area contributed by atoms with Gasteiger partial charge in [-0.15, -0.1) is 12.4 Å². The van der Waals surface area contributed by atoms with Crippen LogP contribution in [0.25, 0.3) is 0 Å². The van der Waals surface area contributed by atoms with Gasteiger partial charge >= 0.3 is 0 Å². The molecule has 0 aromatic heterocycles. The first kappa shape index (κ1) is 17.9. The van der Waals surface area contributed by atoms with Gasteiger partial charge in [0.25, 0.3) is 0 Å². The standard InChI is InChI=1S/C20H26N2O3.ClH/c1-22(15-9-13-3-4-14(10-15)21-13)20(23)17-11-16(17)12-2-5-18-19(8-12)25-7-6-24-18;/h2,5,8,13-17,21H,3-4,6-7,9-11H2,1H3;1H. The lowest BCUT2D eigenvalue weighted by Gasteiger charge is -2.35. The van der Waals surface area contributed by atoms with Gasteiger partial charge in [0.2, 0.25) is 5.91 Å². The van der Waals surface area contributed by atoms with Crippen LogP contribution in [0.5, 0.6) is 11.5 Å². The first-order chi connectivity index (χ1) is 12.2. The Labute approximate surface area is 160 Å². The van der Waals surface area contributed by atoms with E-state index in [1.807, 2.05) is 13.1 Å². The lowest BCUT2D eigenvalue weighted by atomic mass is 9.98. The van der Waals surface area contributed by atoms with Gasteiger partial charge in [-0.25, -0.2) is 0 Å². The zero-order valence-corrected chi connectivity index (χ0v) is 16.0. The molecule has 4 atom stereocenters. The Kier molecular flexibility index (Phi) is 4.78. The molecule has 0 radical (unpaired) electrons. The van der Waals surface area contributed by atoms with E-state index in [9.17, 15) is 4.79 Å². The SMILES string of the molecule is CN(C(=O)C1CC1c1ccc2c(c1)OCCO2)C1CC2CCC(C1)N2.Cl. The predicted octanol–water partition coefficient (Wildman–Crippen LogP) is 2.72. The van der Waals surface area contributed by atoms with Crippen LogP contribution in [0.2, 0.25) is 0 Å². The molecule has 3 fully saturated rings. The van der Waals surface area contributed by atoms with Crippen LogP contribution in [0, 0.1) is 5.92 Å². The van der Waals surface area contributed by atoms with Gasteiger partial charge in [0.05, 0.1) is 0 Å². The number of halogens is 1. The number of carbonyl (C=O) groups is 1. The number of hydrogen-bond donors (Lipinski definition) is 1. The second-order valence-corrected chi connectivity index (χ2v) is 8.06. The number of carbonyl (C=O) groups excluding carboxylic acids is 1. The van der Waals surface area contributed by atoms with E-state index in [4.69, 9.17) is 9.47 Å². The fraction of sp³-hybridized carbons (Fsp3) is 0.650. The molecule has 1 aromatic carbocycles. The third kappa shape index (κ3) is 3.16. The van der Waals surface area contributed by atoms with E-state index in [-0.39, 0.29) is 18.3 Å². The molecule has 6 heteroatoms. The minimum Gasteiger partial charge on any atom is -0.486 e. The molecule has 1 aromatic rings. The number of nitrogens with zero attached hydrogens (tertiary/aromatic N) is 1. The van der Waals surface area contributed by atoms with Gasteiger partial charge in [-0.1, -0.05) is 6.07 Å². The molecule has 2 saturated heterocycles. The van der Waals surface area contributed by atoms with Gasteiger partial charge < -0.3 is 19.7 Å². The summed E-state index contributed by atoms with van der Waals surface area (Å²) in [6.07, 6.45) is 5.72. The first-order valence-corrected chi connectivity index (χ1v) is 9.61. The third-order valence-corrected chi connectivity index (χ3v) is 6.45.